The molecule has 0 aliphatic heterocycles. The van der Waals surface area contributed by atoms with Crippen LogP contribution in [0.1, 0.15) is 37.8 Å². The molecular formula is C16H25NO2. The van der Waals surface area contributed by atoms with Crippen molar-refractivity contribution in [2.24, 2.45) is 0 Å². The lowest BCUT2D eigenvalue weighted by atomic mass is 10.1. The molecule has 3 heteroatoms. The van der Waals surface area contributed by atoms with Gasteiger partial charge in [-0.2, -0.15) is 0 Å². The van der Waals surface area contributed by atoms with Crippen molar-refractivity contribution in [1.29, 1.82) is 0 Å². The third kappa shape index (κ3) is 3.71. The quantitative estimate of drug-likeness (QED) is 0.793. The van der Waals surface area contributed by atoms with Crippen LogP contribution in [0.4, 0.5) is 0 Å². The molecule has 106 valence electrons. The van der Waals surface area contributed by atoms with E-state index in [0.29, 0.717) is 6.61 Å². The molecule has 0 fully saturated rings. The van der Waals surface area contributed by atoms with Gasteiger partial charge in [-0.3, -0.25) is 0 Å². The van der Waals surface area contributed by atoms with Gasteiger partial charge in [0.05, 0.1) is 12.1 Å². The number of fused-ring (bicyclic) bond motifs is 1. The molecule has 1 unspecified atom stereocenters. The lowest BCUT2D eigenvalue weighted by molar-refractivity contribution is 0.116. The maximum atomic E-state index is 9.50. The summed E-state index contributed by atoms with van der Waals surface area (Å²) in [6, 6.07) is 6.37. The van der Waals surface area contributed by atoms with Gasteiger partial charge in [0.1, 0.15) is 12.4 Å². The van der Waals surface area contributed by atoms with Crippen LogP contribution >= 0.6 is 0 Å². The Balaban J connectivity index is 1.93. The zero-order chi connectivity index (χ0) is 13.7. The van der Waals surface area contributed by atoms with Crippen molar-refractivity contribution in [3.05, 3.63) is 29.3 Å². The molecular weight excluding hydrogens is 238 g/mol. The van der Waals surface area contributed by atoms with Gasteiger partial charge >= 0.3 is 0 Å². The second kappa shape index (κ2) is 6.40. The summed E-state index contributed by atoms with van der Waals surface area (Å²) in [6.45, 7) is 5.58. The van der Waals surface area contributed by atoms with E-state index in [9.17, 15) is 5.11 Å². The van der Waals surface area contributed by atoms with Crippen LogP contribution in [-0.2, 0) is 12.8 Å². The summed E-state index contributed by atoms with van der Waals surface area (Å²) in [5.74, 6) is 0.915. The van der Waals surface area contributed by atoms with Crippen LogP contribution in [0, 0.1) is 0 Å². The highest BCUT2D eigenvalue weighted by molar-refractivity contribution is 5.38. The van der Waals surface area contributed by atoms with Crippen LogP contribution in [-0.4, -0.2) is 30.4 Å². The summed E-state index contributed by atoms with van der Waals surface area (Å²) in [5.41, 5.74) is 2.51. The number of aryl methyl sites for hydroxylation is 2. The van der Waals surface area contributed by atoms with Crippen molar-refractivity contribution < 1.29 is 9.84 Å². The molecule has 0 saturated carbocycles. The molecule has 0 aromatic heterocycles. The van der Waals surface area contributed by atoms with E-state index >= 15 is 0 Å². The summed E-state index contributed by atoms with van der Waals surface area (Å²) in [7, 11) is 0. The van der Waals surface area contributed by atoms with Crippen LogP contribution in [0.5, 0.6) is 5.75 Å². The number of hydrogen-bond acceptors (Lipinski definition) is 3. The molecule has 3 nitrogen and oxygen atoms in total. The van der Waals surface area contributed by atoms with Crippen LogP contribution < -0.4 is 10.1 Å². The summed E-state index contributed by atoms with van der Waals surface area (Å²) >= 11 is 0. The Bertz CT molecular complexity index is 419. The number of aliphatic hydroxyl groups is 1. The zero-order valence-corrected chi connectivity index (χ0v) is 12.0. The minimum Gasteiger partial charge on any atom is -0.492 e. The minimum atomic E-state index is -0.366. The first kappa shape index (κ1) is 14.4. The van der Waals surface area contributed by atoms with Crippen molar-refractivity contribution in [3.8, 4) is 5.75 Å². The smallest absolute Gasteiger partial charge is 0.119 e. The second-order valence-corrected chi connectivity index (χ2v) is 5.72. The van der Waals surface area contributed by atoms with Crippen molar-refractivity contribution >= 4 is 0 Å². The van der Waals surface area contributed by atoms with Crippen LogP contribution in [0.2, 0.25) is 0 Å². The van der Waals surface area contributed by atoms with E-state index in [1.807, 2.05) is 13.0 Å². The average Bonchev–Trinajstić information content (AvgIpc) is 2.90. The maximum Gasteiger partial charge on any atom is 0.119 e. The molecule has 0 amide bonds. The van der Waals surface area contributed by atoms with Gasteiger partial charge in [-0.1, -0.05) is 13.0 Å². The molecule has 1 aromatic rings. The van der Waals surface area contributed by atoms with E-state index in [1.54, 1.807) is 0 Å². The molecule has 1 aliphatic carbocycles. The standard InChI is InChI=1S/C16H25NO2/c1-3-9-17-16(2,11-18)12-19-15-8-7-13-5-4-6-14(13)10-15/h7-8,10,17-18H,3-6,9,11-12H2,1-2H3. The predicted octanol–water partition coefficient (Wildman–Crippen LogP) is 2.30. The van der Waals surface area contributed by atoms with E-state index in [2.05, 4.69) is 24.4 Å². The largest absolute Gasteiger partial charge is 0.492 e. The highest BCUT2D eigenvalue weighted by Crippen LogP contribution is 2.26. The molecule has 1 atom stereocenters. The van der Waals surface area contributed by atoms with Gasteiger partial charge in [0, 0.05) is 0 Å². The van der Waals surface area contributed by atoms with E-state index in [4.69, 9.17) is 4.74 Å². The van der Waals surface area contributed by atoms with Crippen LogP contribution in [0.25, 0.3) is 0 Å². The number of ether oxygens (including phenoxy) is 1. The topological polar surface area (TPSA) is 41.5 Å². The Kier molecular flexibility index (Phi) is 4.83. The fourth-order valence-electron chi connectivity index (χ4n) is 2.46. The highest BCUT2D eigenvalue weighted by Gasteiger charge is 2.23. The van der Waals surface area contributed by atoms with Gasteiger partial charge in [0.25, 0.3) is 0 Å². The first-order chi connectivity index (χ1) is 9.17. The van der Waals surface area contributed by atoms with E-state index in [-0.39, 0.29) is 12.1 Å². The molecule has 0 radical (unpaired) electrons. The van der Waals surface area contributed by atoms with Crippen LogP contribution in [0.15, 0.2) is 18.2 Å². The van der Waals surface area contributed by atoms with Crippen molar-refractivity contribution in [2.75, 3.05) is 19.8 Å². The Morgan fingerprint density at radius 2 is 2.11 bits per heavy atom. The van der Waals surface area contributed by atoms with Crippen molar-refractivity contribution in [2.45, 2.75) is 45.1 Å². The monoisotopic (exact) mass is 263 g/mol. The lowest BCUT2D eigenvalue weighted by Crippen LogP contribution is -2.50. The normalized spacial score (nSPS) is 17.0. The number of benzene rings is 1. The van der Waals surface area contributed by atoms with Crippen LogP contribution in [0.3, 0.4) is 0 Å². The SMILES string of the molecule is CCCNC(C)(CO)COc1ccc2c(c1)CCC2. The summed E-state index contributed by atoms with van der Waals surface area (Å²) in [5, 5.41) is 12.8. The zero-order valence-electron chi connectivity index (χ0n) is 12.0. The van der Waals surface area contributed by atoms with E-state index in [1.165, 1.54) is 24.0 Å². The number of hydrogen-bond donors (Lipinski definition) is 2. The third-order valence-corrected chi connectivity index (χ3v) is 3.78. The Labute approximate surface area is 116 Å². The summed E-state index contributed by atoms with van der Waals surface area (Å²) < 4.78 is 5.86. The van der Waals surface area contributed by atoms with Gasteiger partial charge in [0.15, 0.2) is 0 Å². The van der Waals surface area contributed by atoms with Gasteiger partial charge in [-0.25, -0.2) is 0 Å². The molecule has 2 rings (SSSR count). The summed E-state index contributed by atoms with van der Waals surface area (Å²) in [6.07, 6.45) is 4.67. The Morgan fingerprint density at radius 3 is 2.84 bits per heavy atom. The Hall–Kier alpha value is -1.06. The maximum absolute atomic E-state index is 9.50. The fraction of sp³-hybridized carbons (Fsp3) is 0.625. The predicted molar refractivity (Wildman–Crippen MR) is 77.7 cm³/mol. The average molecular weight is 263 g/mol. The molecule has 0 bridgehead atoms. The van der Waals surface area contributed by atoms with Crippen molar-refractivity contribution in [3.63, 3.8) is 0 Å². The van der Waals surface area contributed by atoms with Gasteiger partial charge in [0.2, 0.25) is 0 Å². The number of aliphatic hydroxyl groups excluding tert-OH is 1. The van der Waals surface area contributed by atoms with Crippen molar-refractivity contribution in [1.82, 2.24) is 5.32 Å². The van der Waals surface area contributed by atoms with E-state index < -0.39 is 0 Å². The first-order valence-electron chi connectivity index (χ1n) is 7.27. The summed E-state index contributed by atoms with van der Waals surface area (Å²) in [4.78, 5) is 0. The van der Waals surface area contributed by atoms with Gasteiger partial charge < -0.3 is 15.2 Å². The molecule has 0 heterocycles. The molecule has 1 aliphatic rings. The molecule has 0 spiro atoms. The first-order valence-corrected chi connectivity index (χ1v) is 7.27. The molecule has 1 aromatic carbocycles. The number of rotatable bonds is 7. The molecule has 2 N–H and O–H groups in total. The van der Waals surface area contributed by atoms with E-state index in [0.717, 1.165) is 25.1 Å². The lowest BCUT2D eigenvalue weighted by Gasteiger charge is -2.28. The third-order valence-electron chi connectivity index (χ3n) is 3.78. The highest BCUT2D eigenvalue weighted by atomic mass is 16.5. The fourth-order valence-corrected chi connectivity index (χ4v) is 2.46. The van der Waals surface area contributed by atoms with Gasteiger partial charge in [-0.05, 0) is 62.4 Å². The molecule has 0 saturated heterocycles. The second-order valence-electron chi connectivity index (χ2n) is 5.72. The number of nitrogens with one attached hydrogen (secondary N) is 1. The van der Waals surface area contributed by atoms with Gasteiger partial charge in [-0.15, -0.1) is 0 Å². The molecule has 19 heavy (non-hydrogen) atoms. The Morgan fingerprint density at radius 1 is 1.32 bits per heavy atom. The minimum absolute atomic E-state index is 0.0813.